The Kier molecular flexibility index (Phi) is 4.16. The third-order valence-corrected chi connectivity index (χ3v) is 4.44. The number of aromatic nitrogens is 3. The monoisotopic (exact) mass is 348 g/mol. The molecule has 0 spiro atoms. The van der Waals surface area contributed by atoms with Gasteiger partial charge in [-0.05, 0) is 43.7 Å². The zero-order valence-corrected chi connectivity index (χ0v) is 14.8. The zero-order valence-electron chi connectivity index (χ0n) is 14.8. The average molecular weight is 348 g/mol. The maximum Gasteiger partial charge on any atom is 0.252 e. The summed E-state index contributed by atoms with van der Waals surface area (Å²) in [5.41, 5.74) is 3.64. The molecule has 1 aromatic carbocycles. The molecule has 2 aromatic heterocycles. The van der Waals surface area contributed by atoms with Crippen LogP contribution in [-0.4, -0.2) is 33.3 Å². The molecule has 0 saturated carbocycles. The molecular formula is C20H20N4O2. The number of carbonyl (C=O) groups excluding carboxylic acids is 1. The van der Waals surface area contributed by atoms with Gasteiger partial charge in [-0.15, -0.1) is 0 Å². The molecule has 1 amide bonds. The van der Waals surface area contributed by atoms with E-state index in [9.17, 15) is 4.79 Å². The van der Waals surface area contributed by atoms with Gasteiger partial charge in [-0.25, -0.2) is 9.67 Å². The Morgan fingerprint density at radius 1 is 1.27 bits per heavy atom. The molecule has 1 atom stereocenters. The first-order chi connectivity index (χ1) is 12.6. The van der Waals surface area contributed by atoms with Gasteiger partial charge in [0.25, 0.3) is 5.91 Å². The van der Waals surface area contributed by atoms with Crippen LogP contribution in [-0.2, 0) is 6.42 Å². The second-order valence-corrected chi connectivity index (χ2v) is 6.51. The molecular weight excluding hydrogens is 328 g/mol. The molecule has 132 valence electrons. The minimum absolute atomic E-state index is 0.0294. The number of para-hydroxylation sites is 1. The van der Waals surface area contributed by atoms with Gasteiger partial charge in [0.05, 0.1) is 17.8 Å². The van der Waals surface area contributed by atoms with E-state index in [1.165, 1.54) is 5.56 Å². The summed E-state index contributed by atoms with van der Waals surface area (Å²) in [7, 11) is 0. The molecule has 3 heterocycles. The van der Waals surface area contributed by atoms with Crippen LogP contribution < -0.4 is 10.1 Å². The quantitative estimate of drug-likeness (QED) is 0.787. The lowest BCUT2D eigenvalue weighted by atomic mass is 10.1. The Labute approximate surface area is 151 Å². The van der Waals surface area contributed by atoms with Gasteiger partial charge in [0.2, 0.25) is 0 Å². The summed E-state index contributed by atoms with van der Waals surface area (Å²) in [5.74, 6) is 1.45. The number of rotatable bonds is 4. The summed E-state index contributed by atoms with van der Waals surface area (Å²) in [6.07, 6.45) is 2.36. The number of aryl methyl sites for hydroxylation is 2. The fourth-order valence-electron chi connectivity index (χ4n) is 3.18. The lowest BCUT2D eigenvalue weighted by Gasteiger charge is -2.12. The number of carbonyl (C=O) groups is 1. The summed E-state index contributed by atoms with van der Waals surface area (Å²) in [4.78, 5) is 16.7. The third kappa shape index (κ3) is 3.18. The first kappa shape index (κ1) is 16.3. The van der Waals surface area contributed by atoms with Gasteiger partial charge in [0.15, 0.2) is 5.82 Å². The molecule has 1 N–H and O–H groups in total. The first-order valence-electron chi connectivity index (χ1n) is 8.62. The van der Waals surface area contributed by atoms with Crippen LogP contribution in [0.3, 0.4) is 0 Å². The standard InChI is InChI=1S/C20H20N4O2/c1-13-9-14(2)24(23-13)19-8-7-16(11-21-19)20(25)22-12-17-10-15-5-3-4-6-18(15)26-17/h3-9,11,17H,10,12H2,1-2H3,(H,22,25)/t17-/m0/s1. The number of fused-ring (bicyclic) bond motifs is 1. The van der Waals surface area contributed by atoms with Gasteiger partial charge >= 0.3 is 0 Å². The van der Waals surface area contributed by atoms with Gasteiger partial charge in [-0.2, -0.15) is 5.10 Å². The normalized spacial score (nSPS) is 15.4. The summed E-state index contributed by atoms with van der Waals surface area (Å²) >= 11 is 0. The molecule has 0 bridgehead atoms. The lowest BCUT2D eigenvalue weighted by molar-refractivity contribution is 0.0933. The predicted octanol–water partition coefficient (Wildman–Crippen LogP) is 2.62. The van der Waals surface area contributed by atoms with Crippen molar-refractivity contribution in [3.63, 3.8) is 0 Å². The van der Waals surface area contributed by atoms with Gasteiger partial charge in [0, 0.05) is 18.3 Å². The second-order valence-electron chi connectivity index (χ2n) is 6.51. The highest BCUT2D eigenvalue weighted by Gasteiger charge is 2.22. The Morgan fingerprint density at radius 3 is 2.81 bits per heavy atom. The van der Waals surface area contributed by atoms with Gasteiger partial charge in [-0.3, -0.25) is 4.79 Å². The van der Waals surface area contributed by atoms with Crippen molar-refractivity contribution in [1.29, 1.82) is 0 Å². The van der Waals surface area contributed by atoms with Crippen molar-refractivity contribution >= 4 is 5.91 Å². The number of nitrogens with zero attached hydrogens (tertiary/aromatic N) is 3. The fraction of sp³-hybridized carbons (Fsp3) is 0.250. The number of hydrogen-bond donors (Lipinski definition) is 1. The van der Waals surface area contributed by atoms with Gasteiger partial charge < -0.3 is 10.1 Å². The van der Waals surface area contributed by atoms with Crippen LogP contribution in [0.4, 0.5) is 0 Å². The second kappa shape index (κ2) is 6.63. The van der Waals surface area contributed by atoms with E-state index >= 15 is 0 Å². The molecule has 1 aliphatic heterocycles. The smallest absolute Gasteiger partial charge is 0.252 e. The summed E-state index contributed by atoms with van der Waals surface area (Å²) < 4.78 is 7.61. The predicted molar refractivity (Wildman–Crippen MR) is 97.7 cm³/mol. The molecule has 3 aromatic rings. The van der Waals surface area contributed by atoms with Crippen LogP contribution in [0.5, 0.6) is 5.75 Å². The maximum atomic E-state index is 12.4. The van der Waals surface area contributed by atoms with E-state index in [1.54, 1.807) is 23.0 Å². The molecule has 6 nitrogen and oxygen atoms in total. The SMILES string of the molecule is Cc1cc(C)n(-c2ccc(C(=O)NC[C@@H]3Cc4ccccc4O3)cn2)n1. The number of hydrogen-bond acceptors (Lipinski definition) is 4. The number of nitrogens with one attached hydrogen (secondary N) is 1. The Hall–Kier alpha value is -3.15. The van der Waals surface area contributed by atoms with Crippen molar-refractivity contribution in [1.82, 2.24) is 20.1 Å². The molecule has 6 heteroatoms. The highest BCUT2D eigenvalue weighted by Crippen LogP contribution is 2.27. The lowest BCUT2D eigenvalue weighted by Crippen LogP contribution is -2.34. The van der Waals surface area contributed by atoms with Crippen molar-refractivity contribution < 1.29 is 9.53 Å². The molecule has 1 aliphatic rings. The van der Waals surface area contributed by atoms with Crippen molar-refractivity contribution in [2.24, 2.45) is 0 Å². The molecule has 0 unspecified atom stereocenters. The average Bonchev–Trinajstić information content (AvgIpc) is 3.22. The molecule has 0 saturated heterocycles. The molecule has 0 aliphatic carbocycles. The van der Waals surface area contributed by atoms with Crippen LogP contribution in [0.15, 0.2) is 48.7 Å². The van der Waals surface area contributed by atoms with E-state index in [2.05, 4.69) is 21.5 Å². The van der Waals surface area contributed by atoms with Crippen LogP contribution in [0, 0.1) is 13.8 Å². The number of pyridine rings is 1. The fourth-order valence-corrected chi connectivity index (χ4v) is 3.18. The van der Waals surface area contributed by atoms with Crippen molar-refractivity contribution in [2.75, 3.05) is 6.54 Å². The number of amides is 1. The minimum Gasteiger partial charge on any atom is -0.488 e. The highest BCUT2D eigenvalue weighted by atomic mass is 16.5. The van der Waals surface area contributed by atoms with Crippen LogP contribution in [0.1, 0.15) is 27.3 Å². The van der Waals surface area contributed by atoms with Crippen LogP contribution in [0.2, 0.25) is 0 Å². The van der Waals surface area contributed by atoms with Crippen molar-refractivity contribution in [3.05, 3.63) is 71.2 Å². The number of ether oxygens (including phenoxy) is 1. The van der Waals surface area contributed by atoms with E-state index in [-0.39, 0.29) is 12.0 Å². The van der Waals surface area contributed by atoms with E-state index < -0.39 is 0 Å². The molecule has 26 heavy (non-hydrogen) atoms. The molecule has 4 rings (SSSR count). The Morgan fingerprint density at radius 2 is 2.12 bits per heavy atom. The summed E-state index contributed by atoms with van der Waals surface area (Å²) in [5, 5.41) is 7.32. The van der Waals surface area contributed by atoms with Crippen molar-refractivity contribution in [2.45, 2.75) is 26.4 Å². The van der Waals surface area contributed by atoms with Crippen molar-refractivity contribution in [3.8, 4) is 11.6 Å². The molecule has 0 fully saturated rings. The highest BCUT2D eigenvalue weighted by molar-refractivity contribution is 5.93. The summed E-state index contributed by atoms with van der Waals surface area (Å²) in [6, 6.07) is 13.5. The zero-order chi connectivity index (χ0) is 18.1. The molecule has 0 radical (unpaired) electrons. The van der Waals surface area contributed by atoms with E-state index in [0.717, 1.165) is 23.6 Å². The van der Waals surface area contributed by atoms with E-state index in [0.29, 0.717) is 17.9 Å². The van der Waals surface area contributed by atoms with Crippen LogP contribution in [0.25, 0.3) is 5.82 Å². The van der Waals surface area contributed by atoms with Gasteiger partial charge in [0.1, 0.15) is 11.9 Å². The summed E-state index contributed by atoms with van der Waals surface area (Å²) in [6.45, 7) is 4.38. The van der Waals surface area contributed by atoms with Crippen LogP contribution >= 0.6 is 0 Å². The third-order valence-electron chi connectivity index (χ3n) is 4.44. The number of benzene rings is 1. The Balaban J connectivity index is 1.38. The topological polar surface area (TPSA) is 69.0 Å². The van der Waals surface area contributed by atoms with E-state index in [4.69, 9.17) is 4.74 Å². The largest absolute Gasteiger partial charge is 0.488 e. The van der Waals surface area contributed by atoms with E-state index in [1.807, 2.05) is 38.1 Å². The van der Waals surface area contributed by atoms with Gasteiger partial charge in [-0.1, -0.05) is 18.2 Å². The Bertz CT molecular complexity index is 922. The minimum atomic E-state index is -0.156. The maximum absolute atomic E-state index is 12.4. The first-order valence-corrected chi connectivity index (χ1v) is 8.62.